The molecule has 0 aliphatic rings. The van der Waals surface area contributed by atoms with Gasteiger partial charge in [-0.2, -0.15) is 5.10 Å². The second kappa shape index (κ2) is 6.29. The lowest BCUT2D eigenvalue weighted by atomic mass is 10.2. The highest BCUT2D eigenvalue weighted by molar-refractivity contribution is 7.91. The van der Waals surface area contributed by atoms with Crippen LogP contribution in [-0.2, 0) is 16.6 Å². The van der Waals surface area contributed by atoms with Crippen LogP contribution in [0.4, 0.5) is 0 Å². The van der Waals surface area contributed by atoms with E-state index in [0.717, 1.165) is 16.3 Å². The van der Waals surface area contributed by atoms with E-state index in [4.69, 9.17) is 0 Å². The van der Waals surface area contributed by atoms with Crippen molar-refractivity contribution in [2.24, 2.45) is 5.92 Å². The van der Waals surface area contributed by atoms with Crippen molar-refractivity contribution in [3.63, 3.8) is 0 Å². The van der Waals surface area contributed by atoms with Gasteiger partial charge in [-0.25, -0.2) is 13.1 Å². The molecule has 0 fully saturated rings. The molecule has 21 heavy (non-hydrogen) atoms. The van der Waals surface area contributed by atoms with E-state index in [0.29, 0.717) is 17.3 Å². The Balaban J connectivity index is 1.95. The van der Waals surface area contributed by atoms with E-state index in [9.17, 15) is 8.42 Å². The second-order valence-corrected chi connectivity index (χ2v) is 8.71. The standard InChI is InChI=1S/C14H21N3O2S2/c1-10(9-17-12(3)7-11(2)16-17)8-15-21(18,19)14-6-5-13(4)20-14/h5-7,10,15H,8-9H2,1-4H3. The fraction of sp³-hybridized carbons (Fsp3) is 0.500. The topological polar surface area (TPSA) is 64.0 Å². The number of sulfonamides is 1. The molecule has 0 radical (unpaired) electrons. The highest BCUT2D eigenvalue weighted by Crippen LogP contribution is 2.20. The fourth-order valence-electron chi connectivity index (χ4n) is 2.10. The number of thiophene rings is 1. The van der Waals surface area contributed by atoms with Gasteiger partial charge in [-0.1, -0.05) is 6.92 Å². The zero-order valence-corrected chi connectivity index (χ0v) is 14.4. The van der Waals surface area contributed by atoms with Gasteiger partial charge in [0.1, 0.15) is 4.21 Å². The van der Waals surface area contributed by atoms with E-state index in [2.05, 4.69) is 9.82 Å². The maximum atomic E-state index is 12.2. The molecular formula is C14H21N3O2S2. The summed E-state index contributed by atoms with van der Waals surface area (Å²) >= 11 is 1.29. The summed E-state index contributed by atoms with van der Waals surface area (Å²) in [5.41, 5.74) is 2.07. The summed E-state index contributed by atoms with van der Waals surface area (Å²) < 4.78 is 29.3. The maximum Gasteiger partial charge on any atom is 0.250 e. The first-order chi connectivity index (χ1) is 9.78. The molecule has 0 aliphatic heterocycles. The first-order valence-electron chi connectivity index (χ1n) is 6.85. The summed E-state index contributed by atoms with van der Waals surface area (Å²) in [6.07, 6.45) is 0. The minimum absolute atomic E-state index is 0.166. The molecule has 2 heterocycles. The van der Waals surface area contributed by atoms with Gasteiger partial charge in [-0.05, 0) is 44.9 Å². The predicted molar refractivity (Wildman–Crippen MR) is 85.1 cm³/mol. The normalized spacial score (nSPS) is 13.5. The number of rotatable bonds is 6. The Labute approximate surface area is 130 Å². The highest BCUT2D eigenvalue weighted by atomic mass is 32.2. The lowest BCUT2D eigenvalue weighted by Gasteiger charge is -2.13. The van der Waals surface area contributed by atoms with E-state index in [-0.39, 0.29) is 5.92 Å². The lowest BCUT2D eigenvalue weighted by molar-refractivity contribution is 0.436. The molecule has 0 saturated carbocycles. The van der Waals surface area contributed by atoms with Crippen LogP contribution in [-0.4, -0.2) is 24.7 Å². The molecule has 0 saturated heterocycles. The molecule has 7 heteroatoms. The van der Waals surface area contributed by atoms with Crippen LogP contribution in [0.2, 0.25) is 0 Å². The summed E-state index contributed by atoms with van der Waals surface area (Å²) in [6.45, 7) is 8.97. The molecule has 0 aromatic carbocycles. The Morgan fingerprint density at radius 1 is 1.33 bits per heavy atom. The van der Waals surface area contributed by atoms with Crippen LogP contribution >= 0.6 is 11.3 Å². The highest BCUT2D eigenvalue weighted by Gasteiger charge is 2.17. The molecule has 1 unspecified atom stereocenters. The van der Waals surface area contributed by atoms with Crippen LogP contribution in [0.1, 0.15) is 23.2 Å². The van der Waals surface area contributed by atoms with Crippen LogP contribution in [0.25, 0.3) is 0 Å². The Hall–Kier alpha value is -1.18. The van der Waals surface area contributed by atoms with Crippen molar-refractivity contribution in [2.75, 3.05) is 6.54 Å². The molecule has 1 N–H and O–H groups in total. The molecule has 2 aromatic heterocycles. The predicted octanol–water partition coefficient (Wildman–Crippen LogP) is 2.48. The Kier molecular flexibility index (Phi) is 4.85. The first kappa shape index (κ1) is 16.2. The van der Waals surface area contributed by atoms with E-state index in [1.165, 1.54) is 11.3 Å². The Bertz CT molecular complexity index is 716. The average molecular weight is 327 g/mol. The number of hydrogen-bond donors (Lipinski definition) is 1. The van der Waals surface area contributed by atoms with Crippen molar-refractivity contribution < 1.29 is 8.42 Å². The van der Waals surface area contributed by atoms with E-state index in [1.54, 1.807) is 6.07 Å². The van der Waals surface area contributed by atoms with Gasteiger partial charge in [0, 0.05) is 23.7 Å². The monoisotopic (exact) mass is 327 g/mol. The first-order valence-corrected chi connectivity index (χ1v) is 9.15. The molecule has 0 spiro atoms. The van der Waals surface area contributed by atoms with Gasteiger partial charge in [0.15, 0.2) is 0 Å². The van der Waals surface area contributed by atoms with Crippen molar-refractivity contribution in [3.05, 3.63) is 34.5 Å². The van der Waals surface area contributed by atoms with Gasteiger partial charge in [0.25, 0.3) is 0 Å². The van der Waals surface area contributed by atoms with E-state index < -0.39 is 10.0 Å². The summed E-state index contributed by atoms with van der Waals surface area (Å²) in [7, 11) is -3.39. The number of aromatic nitrogens is 2. The third kappa shape index (κ3) is 4.15. The maximum absolute atomic E-state index is 12.2. The summed E-state index contributed by atoms with van der Waals surface area (Å²) in [5, 5.41) is 4.40. The van der Waals surface area contributed by atoms with E-state index >= 15 is 0 Å². The van der Waals surface area contributed by atoms with Crippen molar-refractivity contribution in [3.8, 4) is 0 Å². The van der Waals surface area contributed by atoms with Crippen LogP contribution in [0.15, 0.2) is 22.4 Å². The number of nitrogens with zero attached hydrogens (tertiary/aromatic N) is 2. The van der Waals surface area contributed by atoms with Crippen molar-refractivity contribution in [1.82, 2.24) is 14.5 Å². The van der Waals surface area contributed by atoms with Crippen LogP contribution in [0, 0.1) is 26.7 Å². The lowest BCUT2D eigenvalue weighted by Crippen LogP contribution is -2.30. The Morgan fingerprint density at radius 2 is 2.05 bits per heavy atom. The van der Waals surface area contributed by atoms with Crippen molar-refractivity contribution in [1.29, 1.82) is 0 Å². The minimum atomic E-state index is -3.39. The van der Waals surface area contributed by atoms with Crippen LogP contribution in [0.5, 0.6) is 0 Å². The molecular weight excluding hydrogens is 306 g/mol. The average Bonchev–Trinajstić information content (AvgIpc) is 2.94. The molecule has 2 rings (SSSR count). The van der Waals surface area contributed by atoms with E-state index in [1.807, 2.05) is 44.5 Å². The van der Waals surface area contributed by atoms with Gasteiger partial charge >= 0.3 is 0 Å². The molecule has 0 aliphatic carbocycles. The summed E-state index contributed by atoms with van der Waals surface area (Å²) in [5.74, 6) is 0.166. The quantitative estimate of drug-likeness (QED) is 0.886. The third-order valence-corrected chi connectivity index (χ3v) is 6.11. The van der Waals surface area contributed by atoms with Crippen LogP contribution < -0.4 is 4.72 Å². The van der Waals surface area contributed by atoms with Crippen molar-refractivity contribution in [2.45, 2.75) is 38.4 Å². The number of hydrogen-bond acceptors (Lipinski definition) is 4. The molecule has 2 aromatic rings. The fourth-order valence-corrected chi connectivity index (χ4v) is 4.59. The molecule has 116 valence electrons. The minimum Gasteiger partial charge on any atom is -0.269 e. The van der Waals surface area contributed by atoms with Gasteiger partial charge in [0.05, 0.1) is 5.69 Å². The summed E-state index contributed by atoms with van der Waals surface area (Å²) in [4.78, 5) is 0.992. The number of nitrogens with one attached hydrogen (secondary N) is 1. The Morgan fingerprint density at radius 3 is 2.57 bits per heavy atom. The molecule has 0 bridgehead atoms. The zero-order chi connectivity index (χ0) is 15.6. The molecule has 5 nitrogen and oxygen atoms in total. The SMILES string of the molecule is Cc1cc(C)n(CC(C)CNS(=O)(=O)c2ccc(C)s2)n1. The molecule has 1 atom stereocenters. The summed E-state index contributed by atoms with van der Waals surface area (Å²) in [6, 6.07) is 5.48. The third-order valence-electron chi connectivity index (χ3n) is 3.19. The molecule has 0 amide bonds. The van der Waals surface area contributed by atoms with Gasteiger partial charge in [-0.15, -0.1) is 11.3 Å². The van der Waals surface area contributed by atoms with Crippen molar-refractivity contribution >= 4 is 21.4 Å². The zero-order valence-electron chi connectivity index (χ0n) is 12.8. The van der Waals surface area contributed by atoms with Crippen LogP contribution in [0.3, 0.4) is 0 Å². The smallest absolute Gasteiger partial charge is 0.250 e. The largest absolute Gasteiger partial charge is 0.269 e. The van der Waals surface area contributed by atoms with Gasteiger partial charge in [-0.3, -0.25) is 4.68 Å². The second-order valence-electron chi connectivity index (χ2n) is 5.43. The number of aryl methyl sites for hydroxylation is 3. The van der Waals surface area contributed by atoms with Gasteiger partial charge in [0.2, 0.25) is 10.0 Å². The van der Waals surface area contributed by atoms with Gasteiger partial charge < -0.3 is 0 Å².